The van der Waals surface area contributed by atoms with Gasteiger partial charge in [0.1, 0.15) is 0 Å². The van der Waals surface area contributed by atoms with Gasteiger partial charge in [-0.2, -0.15) is 0 Å². The van der Waals surface area contributed by atoms with Crippen molar-refractivity contribution in [2.24, 2.45) is 0 Å². The van der Waals surface area contributed by atoms with Crippen molar-refractivity contribution in [2.75, 3.05) is 0 Å². The van der Waals surface area contributed by atoms with Crippen LogP contribution in [0.3, 0.4) is 0 Å². The molecule has 0 atom stereocenters. The van der Waals surface area contributed by atoms with E-state index < -0.39 is 0 Å². The summed E-state index contributed by atoms with van der Waals surface area (Å²) in [5.74, 6) is 0. The summed E-state index contributed by atoms with van der Waals surface area (Å²) in [6.45, 7) is 1.87. The number of nitrogens with zero attached hydrogens (tertiary/aromatic N) is 2. The van der Waals surface area contributed by atoms with Crippen molar-refractivity contribution in [2.45, 2.75) is 13.5 Å². The number of hydrogen-bond acceptors (Lipinski definition) is 3. The average molecular weight is 250 g/mol. The summed E-state index contributed by atoms with van der Waals surface area (Å²) in [5.41, 5.74) is 1.64. The third kappa shape index (κ3) is 1.63. The zero-order valence-corrected chi connectivity index (χ0v) is 7.66. The molecule has 0 spiro atoms. The molecule has 3 nitrogen and oxygen atoms in total. The fraction of sp³-hybridized carbons (Fsp3) is 0.333. The van der Waals surface area contributed by atoms with Gasteiger partial charge in [0, 0.05) is 40.0 Å². The number of rotatable bonds is 1. The Kier molecular flexibility index (Phi) is 2.56. The Labute approximate surface area is 72.7 Å². The number of aromatic nitrogens is 2. The fourth-order valence-electron chi connectivity index (χ4n) is 0.619. The summed E-state index contributed by atoms with van der Waals surface area (Å²) < 4.78 is 0.715. The van der Waals surface area contributed by atoms with Gasteiger partial charge < -0.3 is 5.11 Å². The summed E-state index contributed by atoms with van der Waals surface area (Å²) in [4.78, 5) is 7.99. The molecule has 54 valence electrons. The highest BCUT2D eigenvalue weighted by Crippen LogP contribution is 2.04. The molecule has 0 aliphatic heterocycles. The quantitative estimate of drug-likeness (QED) is 0.594. The number of aryl methyl sites for hydroxylation is 1. The lowest BCUT2D eigenvalue weighted by molar-refractivity contribution is 0.280. The van der Waals surface area contributed by atoms with Gasteiger partial charge in [0.2, 0.25) is 0 Å². The summed E-state index contributed by atoms with van der Waals surface area (Å²) in [6.07, 6.45) is 1.64. The molecule has 0 aromatic carbocycles. The first-order valence-corrected chi connectivity index (χ1v) is 3.91. The number of aliphatic hydroxyl groups is 1. The minimum absolute atomic E-state index is 0.0166. The predicted molar refractivity (Wildman–Crippen MR) is 45.4 cm³/mol. The second kappa shape index (κ2) is 3.25. The molecular formula is C6H7IN2O. The lowest BCUT2D eigenvalue weighted by atomic mass is 10.3. The molecule has 1 N–H and O–H groups in total. The molecule has 0 fully saturated rings. The van der Waals surface area contributed by atoms with Crippen LogP contribution in [0.25, 0.3) is 0 Å². The van der Waals surface area contributed by atoms with Gasteiger partial charge in [-0.3, -0.25) is 0 Å². The zero-order valence-electron chi connectivity index (χ0n) is 5.50. The number of aliphatic hydroxyl groups excluding tert-OH is 1. The molecule has 0 bridgehead atoms. The molecule has 10 heavy (non-hydrogen) atoms. The van der Waals surface area contributed by atoms with E-state index in [0.29, 0.717) is 3.83 Å². The van der Waals surface area contributed by atoms with Crippen LogP contribution in [0.4, 0.5) is 0 Å². The molecule has 0 radical (unpaired) electrons. The largest absolute Gasteiger partial charge is 0.392 e. The molecule has 0 unspecified atom stereocenters. The number of hydrogen-bond donors (Lipinski definition) is 1. The van der Waals surface area contributed by atoms with Gasteiger partial charge in [0.25, 0.3) is 0 Å². The van der Waals surface area contributed by atoms with E-state index in [-0.39, 0.29) is 6.61 Å². The van der Waals surface area contributed by atoms with Crippen molar-refractivity contribution in [1.29, 1.82) is 0 Å². The van der Waals surface area contributed by atoms with Crippen LogP contribution in [-0.4, -0.2) is 15.1 Å². The first kappa shape index (κ1) is 7.87. The Balaban J connectivity index is 3.07. The van der Waals surface area contributed by atoms with Crippen molar-refractivity contribution < 1.29 is 5.11 Å². The lowest BCUT2D eigenvalue weighted by Gasteiger charge is -1.98. The molecule has 1 aromatic heterocycles. The Morgan fingerprint density at radius 2 is 2.40 bits per heavy atom. The average Bonchev–Trinajstić information content (AvgIpc) is 1.88. The molecule has 4 heteroatoms. The van der Waals surface area contributed by atoms with Gasteiger partial charge in [-0.25, -0.2) is 9.97 Å². The molecule has 1 heterocycles. The van der Waals surface area contributed by atoms with Gasteiger partial charge in [0.15, 0.2) is 3.83 Å². The molecule has 1 rings (SSSR count). The summed E-state index contributed by atoms with van der Waals surface area (Å²) in [6, 6.07) is 0. The minimum Gasteiger partial charge on any atom is -0.392 e. The van der Waals surface area contributed by atoms with Crippen molar-refractivity contribution in [3.05, 3.63) is 21.3 Å². The summed E-state index contributed by atoms with van der Waals surface area (Å²) >= 11 is 2.03. The lowest BCUT2D eigenvalue weighted by Crippen LogP contribution is -1.96. The second-order valence-electron chi connectivity index (χ2n) is 1.91. The van der Waals surface area contributed by atoms with Gasteiger partial charge in [-0.05, 0) is 6.92 Å². The van der Waals surface area contributed by atoms with E-state index in [1.165, 1.54) is 0 Å². The van der Waals surface area contributed by atoms with Gasteiger partial charge in [-0.15, -0.1) is 0 Å². The topological polar surface area (TPSA) is 46.0 Å². The zero-order chi connectivity index (χ0) is 7.56. The van der Waals surface area contributed by atoms with Crippen molar-refractivity contribution in [3.8, 4) is 0 Å². The maximum atomic E-state index is 8.73. The standard InChI is InChI=1S/C6H7IN2O/c1-4-5(3-10)2-8-6(7)9-4/h2,10H,3H2,1H3. The van der Waals surface area contributed by atoms with Gasteiger partial charge in [-0.1, -0.05) is 0 Å². The Bertz CT molecular complexity index is 239. The molecule has 1 aromatic rings. The fourth-order valence-corrected chi connectivity index (χ4v) is 1.12. The first-order chi connectivity index (χ1) is 4.74. The van der Waals surface area contributed by atoms with Crippen LogP contribution in [0.2, 0.25) is 0 Å². The van der Waals surface area contributed by atoms with E-state index in [1.54, 1.807) is 6.20 Å². The Morgan fingerprint density at radius 1 is 1.70 bits per heavy atom. The highest BCUT2D eigenvalue weighted by Gasteiger charge is 1.97. The highest BCUT2D eigenvalue weighted by molar-refractivity contribution is 14.1. The van der Waals surface area contributed by atoms with E-state index in [4.69, 9.17) is 5.11 Å². The molecule has 0 saturated heterocycles. The van der Waals surface area contributed by atoms with Gasteiger partial charge in [0.05, 0.1) is 6.61 Å². The minimum atomic E-state index is 0.0166. The van der Waals surface area contributed by atoms with Crippen LogP contribution in [0.5, 0.6) is 0 Å². The SMILES string of the molecule is Cc1nc(I)ncc1CO. The van der Waals surface area contributed by atoms with Crippen LogP contribution in [0.1, 0.15) is 11.3 Å². The maximum absolute atomic E-state index is 8.73. The smallest absolute Gasteiger partial charge is 0.190 e. The van der Waals surface area contributed by atoms with E-state index >= 15 is 0 Å². The second-order valence-corrected chi connectivity index (χ2v) is 2.87. The monoisotopic (exact) mass is 250 g/mol. The van der Waals surface area contributed by atoms with Crippen molar-refractivity contribution in [3.63, 3.8) is 0 Å². The van der Waals surface area contributed by atoms with Crippen LogP contribution < -0.4 is 0 Å². The molecule has 0 amide bonds. The summed E-state index contributed by atoms with van der Waals surface area (Å²) in [5, 5.41) is 8.73. The Hall–Kier alpha value is -0.230. The molecule has 0 saturated carbocycles. The van der Waals surface area contributed by atoms with E-state index in [9.17, 15) is 0 Å². The Morgan fingerprint density at radius 3 is 2.90 bits per heavy atom. The highest BCUT2D eigenvalue weighted by atomic mass is 127. The van der Waals surface area contributed by atoms with Crippen LogP contribution in [0, 0.1) is 10.8 Å². The third-order valence-electron chi connectivity index (χ3n) is 1.22. The van der Waals surface area contributed by atoms with E-state index in [0.717, 1.165) is 11.3 Å². The molecular weight excluding hydrogens is 243 g/mol. The van der Waals surface area contributed by atoms with Crippen LogP contribution >= 0.6 is 22.6 Å². The first-order valence-electron chi connectivity index (χ1n) is 2.83. The summed E-state index contributed by atoms with van der Waals surface area (Å²) in [7, 11) is 0. The van der Waals surface area contributed by atoms with Crippen molar-refractivity contribution >= 4 is 22.6 Å². The van der Waals surface area contributed by atoms with Crippen molar-refractivity contribution in [1.82, 2.24) is 9.97 Å². The van der Waals surface area contributed by atoms with E-state index in [1.807, 2.05) is 29.5 Å². The molecule has 0 aliphatic rings. The van der Waals surface area contributed by atoms with E-state index in [2.05, 4.69) is 9.97 Å². The van der Waals surface area contributed by atoms with Crippen LogP contribution in [0.15, 0.2) is 6.20 Å². The van der Waals surface area contributed by atoms with Crippen LogP contribution in [-0.2, 0) is 6.61 Å². The third-order valence-corrected chi connectivity index (χ3v) is 1.74. The van der Waals surface area contributed by atoms with Gasteiger partial charge >= 0.3 is 0 Å². The maximum Gasteiger partial charge on any atom is 0.190 e. The molecule has 0 aliphatic carbocycles. The number of halogens is 1. The predicted octanol–water partition coefficient (Wildman–Crippen LogP) is 0.882. The normalized spacial score (nSPS) is 9.90.